The summed E-state index contributed by atoms with van der Waals surface area (Å²) in [6, 6.07) is 5.14. The van der Waals surface area contributed by atoms with Crippen LogP contribution in [0.25, 0.3) is 0 Å². The van der Waals surface area contributed by atoms with Gasteiger partial charge in [0.25, 0.3) is 10.1 Å². The summed E-state index contributed by atoms with van der Waals surface area (Å²) in [7, 11) is -3.86. The minimum Gasteiger partial charge on any atom is -0.508 e. The molecule has 24 heteroatoms. The van der Waals surface area contributed by atoms with Crippen molar-refractivity contribution in [1.82, 2.24) is 16.0 Å². The summed E-state index contributed by atoms with van der Waals surface area (Å²) in [6.45, 7) is 8.50. The number of hydrogen-bond acceptors (Lipinski definition) is 16. The maximum Gasteiger partial charge on any atom is 0.326 e. The van der Waals surface area contributed by atoms with E-state index in [0.717, 1.165) is 70.6 Å². The van der Waals surface area contributed by atoms with E-state index in [2.05, 4.69) is 16.0 Å². The Morgan fingerprint density at radius 3 is 1.60 bits per heavy atom. The molecule has 1 unspecified atom stereocenters. The third-order valence-corrected chi connectivity index (χ3v) is 16.8. The molecule has 0 bridgehead atoms. The number of carboxylic acid groups (broad SMARTS) is 1. The highest BCUT2D eigenvalue weighted by atomic mass is 32.2. The summed E-state index contributed by atoms with van der Waals surface area (Å²) >= 11 is 0. The number of hydrogen-bond donors (Lipinski definition) is 9. The topological polar surface area (TPSA) is 388 Å². The molecule has 4 amide bonds. The number of phenolic OH excluding ortho intramolecular Hbond substituents is 1. The van der Waals surface area contributed by atoms with Gasteiger partial charge in [-0.05, 0) is 94.2 Å². The lowest BCUT2D eigenvalue weighted by Gasteiger charge is -2.27. The van der Waals surface area contributed by atoms with E-state index in [9.17, 15) is 61.8 Å². The van der Waals surface area contributed by atoms with Crippen LogP contribution in [0.15, 0.2) is 24.3 Å². The molecule has 0 spiro atoms. The number of Topliss-reactive ketones (excluding diaryl/α,β-unsaturated/α-hetero) is 4. The summed E-state index contributed by atoms with van der Waals surface area (Å²) in [5, 5.41) is 35.1. The van der Waals surface area contributed by atoms with E-state index in [1.54, 1.807) is 19.1 Å². The largest absolute Gasteiger partial charge is 0.508 e. The van der Waals surface area contributed by atoms with Crippen molar-refractivity contribution in [3.63, 3.8) is 0 Å². The van der Waals surface area contributed by atoms with Crippen LogP contribution >= 0.6 is 0 Å². The number of amidine groups is 1. The van der Waals surface area contributed by atoms with Crippen molar-refractivity contribution < 1.29 is 80.5 Å². The molecule has 0 aromatic heterocycles. The van der Waals surface area contributed by atoms with Crippen molar-refractivity contribution in [3.8, 4) is 5.75 Å². The fourth-order valence-corrected chi connectivity index (χ4v) is 11.3. The molecule has 0 aliphatic heterocycles. The highest BCUT2D eigenvalue weighted by Crippen LogP contribution is 2.31. The number of amides is 4. The number of nitrogens with one attached hydrogen (secondary N) is 4. The average Bonchev–Trinajstić information content (AvgIpc) is 1.19. The van der Waals surface area contributed by atoms with Crippen LogP contribution < -0.4 is 27.4 Å². The van der Waals surface area contributed by atoms with E-state index < -0.39 is 51.7 Å². The number of ether oxygens (including phenoxy) is 3. The first kappa shape index (κ1) is 83.3. The molecule has 0 saturated carbocycles. The lowest BCUT2D eigenvalue weighted by atomic mass is 9.75. The van der Waals surface area contributed by atoms with Crippen molar-refractivity contribution in [3.05, 3.63) is 29.8 Å². The molecule has 23 nitrogen and oxygen atoms in total. The smallest absolute Gasteiger partial charge is 0.326 e. The fourth-order valence-electron chi connectivity index (χ4n) is 10.8. The van der Waals surface area contributed by atoms with Crippen LogP contribution in [-0.4, -0.2) is 146 Å². The molecule has 91 heavy (non-hydrogen) atoms. The molecule has 0 fully saturated rings. The molecule has 1 aromatic rings. The van der Waals surface area contributed by atoms with E-state index >= 15 is 0 Å². The third-order valence-electron chi connectivity index (χ3n) is 16.0. The van der Waals surface area contributed by atoms with Gasteiger partial charge in [0.15, 0.2) is 0 Å². The number of carboxylic acids is 1. The molecule has 0 saturated heterocycles. The van der Waals surface area contributed by atoms with Crippen LogP contribution in [0.1, 0.15) is 232 Å². The summed E-state index contributed by atoms with van der Waals surface area (Å²) in [4.78, 5) is 116. The highest BCUT2D eigenvalue weighted by Gasteiger charge is 2.36. The Morgan fingerprint density at radius 1 is 0.527 bits per heavy atom. The number of rotatable bonds is 62. The van der Waals surface area contributed by atoms with Gasteiger partial charge < -0.3 is 51.8 Å². The SMILES string of the molecule is CC(C)CC(=O)C[C@@H](CCCCNC(=O)CCC(=O)CCCCOCCOCCOCCCNC(=O)CC[C@H](NC(=O)CCCCCCCCCCCCCCCS(=O)(=O)O)C(=O)O)C(=O)C(C)[C@@H](CCCCC(=N)N)C(=O)C[C@@H](Cc1ccc(O)cc1)C(N)=O. The van der Waals surface area contributed by atoms with Gasteiger partial charge in [0.1, 0.15) is 34.9 Å². The molecular weight excluding hydrogens is 1190 g/mol. The number of aliphatic carboxylic acids is 1. The highest BCUT2D eigenvalue weighted by molar-refractivity contribution is 7.85. The third kappa shape index (κ3) is 46.9. The van der Waals surface area contributed by atoms with E-state index in [1.807, 2.05) is 13.8 Å². The molecule has 0 heterocycles. The first-order valence-electron chi connectivity index (χ1n) is 33.6. The number of phenols is 1. The van der Waals surface area contributed by atoms with Gasteiger partial charge in [-0.15, -0.1) is 0 Å². The second-order valence-corrected chi connectivity index (χ2v) is 26.3. The predicted molar refractivity (Wildman–Crippen MR) is 350 cm³/mol. The van der Waals surface area contributed by atoms with Crippen molar-refractivity contribution in [2.45, 2.75) is 239 Å². The van der Waals surface area contributed by atoms with Gasteiger partial charge in [0.2, 0.25) is 23.6 Å². The number of benzene rings is 1. The molecule has 520 valence electrons. The Balaban J connectivity index is 2.24. The second kappa shape index (κ2) is 51.8. The number of unbranched alkanes of at least 4 members (excludes halogenated alkanes) is 15. The standard InChI is InChI=1S/C67H114N6O17S/c1-50(2)46-57(76)48-53(65(81)51(3)58(26-16-17-27-61(68)69)60(77)49-54(66(70)82)47-52-29-31-56(75)32-30-52)24-18-20-37-71-62(78)35-33-55(74)25-19-21-39-88-41-43-90-44-42-89-40-23-38-72-63(79)36-34-59(67(83)84)73-64(80)28-15-13-11-9-7-5-4-6-8-10-12-14-22-45-91(85,86)87/h29-32,50-51,53-54,58-59,75H,4-28,33-49H2,1-3H3,(H3,68,69)(H2,70,82)(H,71,78)(H,72,79)(H,73,80)(H,83,84)(H,85,86,87)/t51?,53-,54-,58-,59+/m1/s1. The van der Waals surface area contributed by atoms with Crippen molar-refractivity contribution in [1.29, 1.82) is 5.41 Å². The number of ketones is 4. The second-order valence-electron chi connectivity index (χ2n) is 24.8. The van der Waals surface area contributed by atoms with Crippen LogP contribution in [-0.2, 0) is 73.9 Å². The fraction of sp³-hybridized carbons (Fsp3) is 0.761. The van der Waals surface area contributed by atoms with Crippen molar-refractivity contribution in [2.24, 2.45) is 41.1 Å². The number of carbonyl (C=O) groups excluding carboxylic acids is 8. The molecule has 0 radical (unpaired) electrons. The quantitative estimate of drug-likeness (QED) is 0.0127. The summed E-state index contributed by atoms with van der Waals surface area (Å²) < 4.78 is 47.0. The van der Waals surface area contributed by atoms with Gasteiger partial charge in [-0.3, -0.25) is 48.3 Å². The zero-order valence-electron chi connectivity index (χ0n) is 55.1. The molecule has 5 atom stereocenters. The van der Waals surface area contributed by atoms with Crippen molar-refractivity contribution >= 4 is 68.7 Å². The molecule has 11 N–H and O–H groups in total. The summed E-state index contributed by atoms with van der Waals surface area (Å²) in [5.74, 6) is -6.35. The van der Waals surface area contributed by atoms with Crippen LogP contribution in [0.5, 0.6) is 5.75 Å². The van der Waals surface area contributed by atoms with Gasteiger partial charge in [0.05, 0.1) is 38.0 Å². The van der Waals surface area contributed by atoms with Crippen LogP contribution in [0.4, 0.5) is 0 Å². The zero-order valence-corrected chi connectivity index (χ0v) is 55.9. The number of carbonyl (C=O) groups is 9. The van der Waals surface area contributed by atoms with Crippen LogP contribution in [0.3, 0.4) is 0 Å². The van der Waals surface area contributed by atoms with E-state index in [0.29, 0.717) is 148 Å². The lowest BCUT2D eigenvalue weighted by molar-refractivity contribution is -0.142. The van der Waals surface area contributed by atoms with Gasteiger partial charge in [-0.25, -0.2) is 4.79 Å². The molecule has 1 aromatic carbocycles. The Hall–Kier alpha value is -5.69. The van der Waals surface area contributed by atoms with Gasteiger partial charge in [0, 0.05) is 108 Å². The lowest BCUT2D eigenvalue weighted by Crippen LogP contribution is -2.41. The Morgan fingerprint density at radius 2 is 1.04 bits per heavy atom. The summed E-state index contributed by atoms with van der Waals surface area (Å²) in [6.07, 6.45) is 18.6. The van der Waals surface area contributed by atoms with Gasteiger partial charge >= 0.3 is 5.97 Å². The average molecular weight is 1310 g/mol. The number of nitrogens with two attached hydrogens (primary N) is 2. The minimum absolute atomic E-state index is 0.0177. The Bertz CT molecular complexity index is 2390. The first-order chi connectivity index (χ1) is 43.4. The summed E-state index contributed by atoms with van der Waals surface area (Å²) in [5.41, 5.74) is 12.1. The molecule has 0 aliphatic carbocycles. The number of primary amides is 1. The van der Waals surface area contributed by atoms with E-state index in [4.69, 9.17) is 35.6 Å². The predicted octanol–water partition coefficient (Wildman–Crippen LogP) is 9.00. The van der Waals surface area contributed by atoms with Crippen LogP contribution in [0, 0.1) is 35.0 Å². The van der Waals surface area contributed by atoms with Crippen molar-refractivity contribution in [2.75, 3.05) is 58.5 Å². The molecular formula is C67H114N6O17S. The van der Waals surface area contributed by atoms with E-state index in [-0.39, 0.29) is 115 Å². The van der Waals surface area contributed by atoms with Crippen LogP contribution in [0.2, 0.25) is 0 Å². The van der Waals surface area contributed by atoms with Gasteiger partial charge in [-0.1, -0.05) is 116 Å². The molecule has 0 aliphatic rings. The van der Waals surface area contributed by atoms with E-state index in [1.165, 1.54) is 12.1 Å². The zero-order chi connectivity index (χ0) is 67.7. The monoisotopic (exact) mass is 1310 g/mol. The Kier molecular flexibility index (Phi) is 47.4. The molecule has 1 rings (SSSR count). The number of aromatic hydroxyl groups is 1. The normalized spacial score (nSPS) is 13.2. The first-order valence-corrected chi connectivity index (χ1v) is 35.2. The minimum atomic E-state index is -3.86. The maximum absolute atomic E-state index is 14.3. The van der Waals surface area contributed by atoms with Gasteiger partial charge in [-0.2, -0.15) is 8.42 Å². The Labute approximate surface area is 542 Å². The maximum atomic E-state index is 14.3.